The summed E-state index contributed by atoms with van der Waals surface area (Å²) in [5.41, 5.74) is 2.81. The zero-order valence-electron chi connectivity index (χ0n) is 10.1. The number of hydrogen-bond donors (Lipinski definition) is 1. The van der Waals surface area contributed by atoms with Crippen molar-refractivity contribution in [3.8, 4) is 0 Å². The average Bonchev–Trinajstić information content (AvgIpc) is 2.28. The SMILES string of the molecule is CCN(C)Cc1ccc(CCNC)cc1. The van der Waals surface area contributed by atoms with E-state index in [9.17, 15) is 0 Å². The number of nitrogens with one attached hydrogen (secondary N) is 1. The smallest absolute Gasteiger partial charge is 0.0230 e. The summed E-state index contributed by atoms with van der Waals surface area (Å²) >= 11 is 0. The molecule has 2 nitrogen and oxygen atoms in total. The van der Waals surface area contributed by atoms with Gasteiger partial charge in [-0.3, -0.25) is 0 Å². The number of rotatable bonds is 6. The molecule has 0 aliphatic rings. The lowest BCUT2D eigenvalue weighted by Crippen LogP contribution is -2.16. The van der Waals surface area contributed by atoms with Crippen molar-refractivity contribution in [2.45, 2.75) is 19.9 Å². The van der Waals surface area contributed by atoms with E-state index in [1.165, 1.54) is 11.1 Å². The van der Waals surface area contributed by atoms with Crippen molar-refractivity contribution in [3.63, 3.8) is 0 Å². The van der Waals surface area contributed by atoms with E-state index in [1.54, 1.807) is 0 Å². The Kier molecular flexibility index (Phi) is 5.37. The van der Waals surface area contributed by atoms with Crippen LogP contribution in [0.2, 0.25) is 0 Å². The second-order valence-corrected chi connectivity index (χ2v) is 4.00. The summed E-state index contributed by atoms with van der Waals surface area (Å²) in [5.74, 6) is 0. The Morgan fingerprint density at radius 2 is 1.73 bits per heavy atom. The molecule has 0 fully saturated rings. The molecular weight excluding hydrogens is 184 g/mol. The lowest BCUT2D eigenvalue weighted by molar-refractivity contribution is 0.346. The van der Waals surface area contributed by atoms with Gasteiger partial charge in [0.2, 0.25) is 0 Å². The van der Waals surface area contributed by atoms with Crippen molar-refractivity contribution in [1.82, 2.24) is 10.2 Å². The van der Waals surface area contributed by atoms with E-state index in [2.05, 4.69) is 48.5 Å². The first-order chi connectivity index (χ1) is 7.26. The second kappa shape index (κ2) is 6.59. The molecule has 0 saturated carbocycles. The first-order valence-corrected chi connectivity index (χ1v) is 5.67. The molecule has 0 aliphatic heterocycles. The monoisotopic (exact) mass is 206 g/mol. The highest BCUT2D eigenvalue weighted by Crippen LogP contribution is 2.06. The topological polar surface area (TPSA) is 15.3 Å². The van der Waals surface area contributed by atoms with E-state index in [-0.39, 0.29) is 0 Å². The Morgan fingerprint density at radius 3 is 2.27 bits per heavy atom. The van der Waals surface area contributed by atoms with Crippen LogP contribution in [0, 0.1) is 0 Å². The Bertz CT molecular complexity index is 266. The molecule has 0 aliphatic carbocycles. The van der Waals surface area contributed by atoms with Gasteiger partial charge >= 0.3 is 0 Å². The predicted molar refractivity (Wildman–Crippen MR) is 66.1 cm³/mol. The van der Waals surface area contributed by atoms with Gasteiger partial charge in [-0.1, -0.05) is 31.2 Å². The van der Waals surface area contributed by atoms with Crippen LogP contribution in [0.25, 0.3) is 0 Å². The van der Waals surface area contributed by atoms with Crippen LogP contribution < -0.4 is 5.32 Å². The molecule has 0 unspecified atom stereocenters. The van der Waals surface area contributed by atoms with Gasteiger partial charge in [-0.05, 0) is 44.7 Å². The number of nitrogens with zero attached hydrogens (tertiary/aromatic N) is 1. The fourth-order valence-corrected chi connectivity index (χ4v) is 1.50. The fraction of sp³-hybridized carbons (Fsp3) is 0.538. The summed E-state index contributed by atoms with van der Waals surface area (Å²) in [4.78, 5) is 2.31. The average molecular weight is 206 g/mol. The normalized spacial score (nSPS) is 10.9. The minimum absolute atomic E-state index is 1.04. The molecule has 0 bridgehead atoms. The summed E-state index contributed by atoms with van der Waals surface area (Å²) in [6, 6.07) is 8.93. The van der Waals surface area contributed by atoms with Gasteiger partial charge in [0.25, 0.3) is 0 Å². The number of hydrogen-bond acceptors (Lipinski definition) is 2. The van der Waals surface area contributed by atoms with E-state index in [0.29, 0.717) is 0 Å². The fourth-order valence-electron chi connectivity index (χ4n) is 1.50. The molecule has 1 aromatic carbocycles. The van der Waals surface area contributed by atoms with Crippen molar-refractivity contribution in [3.05, 3.63) is 35.4 Å². The van der Waals surface area contributed by atoms with Crippen LogP contribution in [0.5, 0.6) is 0 Å². The maximum Gasteiger partial charge on any atom is 0.0230 e. The Balaban J connectivity index is 2.48. The van der Waals surface area contributed by atoms with Crippen molar-refractivity contribution in [2.75, 3.05) is 27.2 Å². The first-order valence-electron chi connectivity index (χ1n) is 5.67. The molecule has 0 aromatic heterocycles. The van der Waals surface area contributed by atoms with Crippen LogP contribution in [0.15, 0.2) is 24.3 Å². The van der Waals surface area contributed by atoms with Crippen molar-refractivity contribution in [1.29, 1.82) is 0 Å². The molecule has 1 N–H and O–H groups in total. The second-order valence-electron chi connectivity index (χ2n) is 4.00. The molecule has 1 rings (SSSR count). The zero-order valence-corrected chi connectivity index (χ0v) is 10.1. The van der Waals surface area contributed by atoms with Gasteiger partial charge < -0.3 is 10.2 Å². The lowest BCUT2D eigenvalue weighted by atomic mass is 10.1. The third kappa shape index (κ3) is 4.45. The van der Waals surface area contributed by atoms with Gasteiger partial charge in [0, 0.05) is 6.54 Å². The van der Waals surface area contributed by atoms with E-state index >= 15 is 0 Å². The van der Waals surface area contributed by atoms with Gasteiger partial charge in [0.1, 0.15) is 0 Å². The summed E-state index contributed by atoms with van der Waals surface area (Å²) in [6.07, 6.45) is 1.11. The maximum absolute atomic E-state index is 3.16. The van der Waals surface area contributed by atoms with Crippen LogP contribution >= 0.6 is 0 Å². The van der Waals surface area contributed by atoms with Gasteiger partial charge in [-0.15, -0.1) is 0 Å². The highest BCUT2D eigenvalue weighted by atomic mass is 15.1. The van der Waals surface area contributed by atoms with Gasteiger partial charge in [0.15, 0.2) is 0 Å². The zero-order chi connectivity index (χ0) is 11.1. The molecule has 84 valence electrons. The Morgan fingerprint density at radius 1 is 1.13 bits per heavy atom. The predicted octanol–water partition coefficient (Wildman–Crippen LogP) is 1.90. The molecule has 0 radical (unpaired) electrons. The van der Waals surface area contributed by atoms with E-state index in [0.717, 1.165) is 26.1 Å². The maximum atomic E-state index is 3.16. The van der Waals surface area contributed by atoms with Crippen LogP contribution in [-0.4, -0.2) is 32.1 Å². The quantitative estimate of drug-likeness (QED) is 0.765. The Hall–Kier alpha value is -0.860. The minimum Gasteiger partial charge on any atom is -0.319 e. The third-order valence-electron chi connectivity index (χ3n) is 2.68. The molecular formula is C13H22N2. The van der Waals surface area contributed by atoms with Crippen LogP contribution in [0.1, 0.15) is 18.1 Å². The third-order valence-corrected chi connectivity index (χ3v) is 2.68. The standard InChI is InChI=1S/C13H22N2/c1-4-15(3)11-13-7-5-12(6-8-13)9-10-14-2/h5-8,14H,4,9-11H2,1-3H3. The largest absolute Gasteiger partial charge is 0.319 e. The molecule has 0 amide bonds. The van der Waals surface area contributed by atoms with Crippen molar-refractivity contribution >= 4 is 0 Å². The van der Waals surface area contributed by atoms with Gasteiger partial charge in [-0.25, -0.2) is 0 Å². The molecule has 0 heterocycles. The van der Waals surface area contributed by atoms with Gasteiger partial charge in [0.05, 0.1) is 0 Å². The van der Waals surface area contributed by atoms with Crippen molar-refractivity contribution < 1.29 is 0 Å². The molecule has 1 aromatic rings. The molecule has 0 atom stereocenters. The summed E-state index contributed by atoms with van der Waals surface area (Å²) < 4.78 is 0. The highest BCUT2D eigenvalue weighted by molar-refractivity contribution is 5.22. The summed E-state index contributed by atoms with van der Waals surface area (Å²) in [5, 5.41) is 3.16. The highest BCUT2D eigenvalue weighted by Gasteiger charge is 1.97. The van der Waals surface area contributed by atoms with Crippen LogP contribution in [0.3, 0.4) is 0 Å². The molecule has 15 heavy (non-hydrogen) atoms. The summed E-state index contributed by atoms with van der Waals surface area (Å²) in [6.45, 7) is 5.37. The van der Waals surface area contributed by atoms with Crippen molar-refractivity contribution in [2.24, 2.45) is 0 Å². The van der Waals surface area contributed by atoms with Crippen LogP contribution in [0.4, 0.5) is 0 Å². The van der Waals surface area contributed by atoms with E-state index < -0.39 is 0 Å². The van der Waals surface area contributed by atoms with E-state index in [1.807, 2.05) is 7.05 Å². The molecule has 0 spiro atoms. The van der Waals surface area contributed by atoms with Gasteiger partial charge in [-0.2, -0.15) is 0 Å². The number of benzene rings is 1. The van der Waals surface area contributed by atoms with E-state index in [4.69, 9.17) is 0 Å². The number of likely N-dealkylation sites (N-methyl/N-ethyl adjacent to an activating group) is 1. The Labute approximate surface area is 93.3 Å². The first kappa shape index (κ1) is 12.2. The lowest BCUT2D eigenvalue weighted by Gasteiger charge is -2.13. The summed E-state index contributed by atoms with van der Waals surface area (Å²) in [7, 11) is 4.14. The minimum atomic E-state index is 1.04. The molecule has 0 saturated heterocycles. The van der Waals surface area contributed by atoms with Crippen LogP contribution in [-0.2, 0) is 13.0 Å². The molecule has 2 heteroatoms.